The molecule has 1 heterocycles. The molecule has 1 unspecified atom stereocenters. The van der Waals surface area contributed by atoms with Crippen molar-refractivity contribution >= 4 is 17.2 Å². The van der Waals surface area contributed by atoms with Crippen LogP contribution in [0.5, 0.6) is 5.75 Å². The summed E-state index contributed by atoms with van der Waals surface area (Å²) < 4.78 is 5.14. The van der Waals surface area contributed by atoms with Crippen LogP contribution in [0.3, 0.4) is 0 Å². The van der Waals surface area contributed by atoms with Crippen molar-refractivity contribution in [3.63, 3.8) is 0 Å². The van der Waals surface area contributed by atoms with Gasteiger partial charge in [0.2, 0.25) is 0 Å². The fourth-order valence-corrected chi connectivity index (χ4v) is 2.62. The predicted molar refractivity (Wildman–Crippen MR) is 79.2 cm³/mol. The Kier molecular flexibility index (Phi) is 5.15. The summed E-state index contributed by atoms with van der Waals surface area (Å²) in [4.78, 5) is 12.9. The molecule has 0 saturated carbocycles. The first-order valence-electron chi connectivity index (χ1n) is 6.35. The van der Waals surface area contributed by atoms with E-state index in [0.29, 0.717) is 24.3 Å². The summed E-state index contributed by atoms with van der Waals surface area (Å²) in [6.07, 6.45) is -0.0468. The molecule has 0 fully saturated rings. The molecule has 1 atom stereocenters. The lowest BCUT2D eigenvalue weighted by atomic mass is 10.1. The molecule has 1 amide bonds. The Hall–Kier alpha value is -1.85. The number of rotatable bonds is 6. The van der Waals surface area contributed by atoms with Crippen molar-refractivity contribution in [2.45, 2.75) is 12.5 Å². The number of benzene rings is 1. The monoisotopic (exact) mass is 291 g/mol. The highest BCUT2D eigenvalue weighted by Crippen LogP contribution is 2.21. The summed E-state index contributed by atoms with van der Waals surface area (Å²) in [5, 5.41) is 14.6. The Bertz CT molecular complexity index is 554. The van der Waals surface area contributed by atoms with Gasteiger partial charge in [-0.15, -0.1) is 11.3 Å². The second kappa shape index (κ2) is 7.07. The molecule has 1 aromatic heterocycles. The van der Waals surface area contributed by atoms with Gasteiger partial charge in [-0.1, -0.05) is 18.2 Å². The number of aliphatic hydroxyl groups excluding tert-OH is 1. The second-order valence-electron chi connectivity index (χ2n) is 4.28. The fraction of sp³-hybridized carbons (Fsp3) is 0.267. The van der Waals surface area contributed by atoms with Crippen LogP contribution < -0.4 is 10.1 Å². The number of thiophene rings is 1. The minimum atomic E-state index is -0.534. The topological polar surface area (TPSA) is 58.6 Å². The Morgan fingerprint density at radius 2 is 2.15 bits per heavy atom. The van der Waals surface area contributed by atoms with Crippen molar-refractivity contribution in [3.05, 3.63) is 52.2 Å². The average molecular weight is 291 g/mol. The molecule has 106 valence electrons. The maximum atomic E-state index is 12.0. The molecule has 1 aromatic carbocycles. The molecular formula is C15H17NO3S. The number of carbonyl (C=O) groups excluding carboxylic acids is 1. The largest absolute Gasteiger partial charge is 0.496 e. The zero-order valence-corrected chi connectivity index (χ0v) is 12.0. The van der Waals surface area contributed by atoms with Gasteiger partial charge in [-0.25, -0.2) is 0 Å². The van der Waals surface area contributed by atoms with Gasteiger partial charge in [0.1, 0.15) is 5.75 Å². The SMILES string of the molecule is COc1ccccc1C(=O)NCCC(O)c1cccs1. The fourth-order valence-electron chi connectivity index (χ4n) is 1.87. The lowest BCUT2D eigenvalue weighted by molar-refractivity contribution is 0.0940. The van der Waals surface area contributed by atoms with Crippen molar-refractivity contribution < 1.29 is 14.6 Å². The summed E-state index contributed by atoms with van der Waals surface area (Å²) >= 11 is 1.51. The van der Waals surface area contributed by atoms with Crippen LogP contribution in [0.1, 0.15) is 27.8 Å². The van der Waals surface area contributed by atoms with Gasteiger partial charge in [-0.2, -0.15) is 0 Å². The number of methoxy groups -OCH3 is 1. The number of hydrogen-bond acceptors (Lipinski definition) is 4. The number of ether oxygens (including phenoxy) is 1. The van der Waals surface area contributed by atoms with Gasteiger partial charge < -0.3 is 15.2 Å². The molecular weight excluding hydrogens is 274 g/mol. The molecule has 2 N–H and O–H groups in total. The molecule has 20 heavy (non-hydrogen) atoms. The highest BCUT2D eigenvalue weighted by Gasteiger charge is 2.12. The smallest absolute Gasteiger partial charge is 0.255 e. The number of nitrogens with one attached hydrogen (secondary N) is 1. The van der Waals surface area contributed by atoms with E-state index in [4.69, 9.17) is 4.74 Å². The lowest BCUT2D eigenvalue weighted by Gasteiger charge is -2.11. The van der Waals surface area contributed by atoms with E-state index in [0.717, 1.165) is 4.88 Å². The Labute approximate surface area is 122 Å². The quantitative estimate of drug-likeness (QED) is 0.860. The van der Waals surface area contributed by atoms with Crippen LogP contribution >= 0.6 is 11.3 Å². The summed E-state index contributed by atoms with van der Waals surface area (Å²) in [6, 6.07) is 10.8. The molecule has 0 aliphatic carbocycles. The average Bonchev–Trinajstić information content (AvgIpc) is 3.01. The van der Waals surface area contributed by atoms with E-state index < -0.39 is 6.10 Å². The van der Waals surface area contributed by atoms with Crippen LogP contribution in [0.15, 0.2) is 41.8 Å². The molecule has 0 aliphatic heterocycles. The van der Waals surface area contributed by atoms with Gasteiger partial charge in [-0.05, 0) is 30.0 Å². The first-order chi connectivity index (χ1) is 9.72. The van der Waals surface area contributed by atoms with Gasteiger partial charge in [0.05, 0.1) is 18.8 Å². The van der Waals surface area contributed by atoms with E-state index in [1.54, 1.807) is 18.2 Å². The maximum Gasteiger partial charge on any atom is 0.255 e. The number of carbonyl (C=O) groups is 1. The summed E-state index contributed by atoms with van der Waals surface area (Å²) in [5.41, 5.74) is 0.501. The standard InChI is InChI=1S/C15H17NO3S/c1-19-13-6-3-2-5-11(13)15(18)16-9-8-12(17)14-7-4-10-20-14/h2-7,10,12,17H,8-9H2,1H3,(H,16,18). The van der Waals surface area contributed by atoms with Gasteiger partial charge in [0.25, 0.3) is 5.91 Å². The van der Waals surface area contributed by atoms with Crippen molar-refractivity contribution in [1.82, 2.24) is 5.32 Å². The Morgan fingerprint density at radius 3 is 2.85 bits per heavy atom. The van der Waals surface area contributed by atoms with E-state index in [-0.39, 0.29) is 5.91 Å². The predicted octanol–water partition coefficient (Wildman–Crippen LogP) is 2.61. The van der Waals surface area contributed by atoms with Crippen molar-refractivity contribution in [1.29, 1.82) is 0 Å². The van der Waals surface area contributed by atoms with Crippen molar-refractivity contribution in [2.75, 3.05) is 13.7 Å². The number of amides is 1. The van der Waals surface area contributed by atoms with E-state index in [1.807, 2.05) is 23.6 Å². The van der Waals surface area contributed by atoms with Gasteiger partial charge in [0, 0.05) is 11.4 Å². The first kappa shape index (κ1) is 14.6. The molecule has 0 radical (unpaired) electrons. The normalized spacial score (nSPS) is 11.9. The highest BCUT2D eigenvalue weighted by molar-refractivity contribution is 7.10. The molecule has 0 spiro atoms. The minimum Gasteiger partial charge on any atom is -0.496 e. The van der Waals surface area contributed by atoms with Crippen LogP contribution in [-0.4, -0.2) is 24.7 Å². The Balaban J connectivity index is 1.86. The van der Waals surface area contributed by atoms with E-state index >= 15 is 0 Å². The first-order valence-corrected chi connectivity index (χ1v) is 7.23. The van der Waals surface area contributed by atoms with Crippen LogP contribution in [0.4, 0.5) is 0 Å². The minimum absolute atomic E-state index is 0.194. The lowest BCUT2D eigenvalue weighted by Crippen LogP contribution is -2.26. The summed E-state index contributed by atoms with van der Waals surface area (Å²) in [5.74, 6) is 0.352. The Morgan fingerprint density at radius 1 is 1.35 bits per heavy atom. The molecule has 2 rings (SSSR count). The zero-order valence-electron chi connectivity index (χ0n) is 11.2. The van der Waals surface area contributed by atoms with E-state index in [1.165, 1.54) is 18.4 Å². The molecule has 0 aliphatic rings. The van der Waals surface area contributed by atoms with E-state index in [9.17, 15) is 9.90 Å². The number of para-hydroxylation sites is 1. The molecule has 0 bridgehead atoms. The van der Waals surface area contributed by atoms with Crippen LogP contribution in [-0.2, 0) is 0 Å². The molecule has 5 heteroatoms. The van der Waals surface area contributed by atoms with Crippen LogP contribution in [0, 0.1) is 0 Å². The van der Waals surface area contributed by atoms with Crippen molar-refractivity contribution in [3.8, 4) is 5.75 Å². The van der Waals surface area contributed by atoms with Crippen LogP contribution in [0.25, 0.3) is 0 Å². The second-order valence-corrected chi connectivity index (χ2v) is 5.26. The van der Waals surface area contributed by atoms with Crippen LogP contribution in [0.2, 0.25) is 0 Å². The van der Waals surface area contributed by atoms with Gasteiger partial charge in [0.15, 0.2) is 0 Å². The van der Waals surface area contributed by atoms with Crippen molar-refractivity contribution in [2.24, 2.45) is 0 Å². The number of aliphatic hydroxyl groups is 1. The molecule has 2 aromatic rings. The third kappa shape index (κ3) is 3.59. The van der Waals surface area contributed by atoms with E-state index in [2.05, 4.69) is 5.32 Å². The summed E-state index contributed by atoms with van der Waals surface area (Å²) in [6.45, 7) is 0.413. The zero-order chi connectivity index (χ0) is 14.4. The molecule has 0 saturated heterocycles. The van der Waals surface area contributed by atoms with Gasteiger partial charge in [-0.3, -0.25) is 4.79 Å². The highest BCUT2D eigenvalue weighted by atomic mass is 32.1. The third-order valence-electron chi connectivity index (χ3n) is 2.93. The maximum absolute atomic E-state index is 12.0. The van der Waals surface area contributed by atoms with Gasteiger partial charge >= 0.3 is 0 Å². The summed E-state index contributed by atoms with van der Waals surface area (Å²) in [7, 11) is 1.53. The molecule has 4 nitrogen and oxygen atoms in total. The third-order valence-corrected chi connectivity index (χ3v) is 3.90. The number of hydrogen-bond donors (Lipinski definition) is 2.